The number of carbonyl (C=O) groups excluding carboxylic acids is 3. The minimum absolute atomic E-state index is 0.126. The van der Waals surface area contributed by atoms with Crippen molar-refractivity contribution in [3.8, 4) is 0 Å². The van der Waals surface area contributed by atoms with Gasteiger partial charge >= 0.3 is 6.03 Å². The monoisotopic (exact) mass is 466 g/mol. The summed E-state index contributed by atoms with van der Waals surface area (Å²) < 4.78 is 0. The van der Waals surface area contributed by atoms with E-state index in [1.165, 1.54) is 0 Å². The Labute approximate surface area is 200 Å². The van der Waals surface area contributed by atoms with Gasteiger partial charge in [-0.2, -0.15) is 0 Å². The van der Waals surface area contributed by atoms with Crippen LogP contribution in [0.4, 0.5) is 16.2 Å². The highest BCUT2D eigenvalue weighted by molar-refractivity contribution is 5.95. The van der Waals surface area contributed by atoms with Crippen molar-refractivity contribution < 1.29 is 14.4 Å². The molecule has 0 unspecified atom stereocenters. The van der Waals surface area contributed by atoms with Crippen molar-refractivity contribution in [2.75, 3.05) is 36.9 Å². The Morgan fingerprint density at radius 1 is 1.00 bits per heavy atom. The van der Waals surface area contributed by atoms with Gasteiger partial charge in [0, 0.05) is 37.4 Å². The zero-order valence-corrected chi connectivity index (χ0v) is 19.8. The first-order chi connectivity index (χ1) is 16.3. The van der Waals surface area contributed by atoms with E-state index in [1.807, 2.05) is 29.3 Å². The second kappa shape index (κ2) is 11.9. The summed E-state index contributed by atoms with van der Waals surface area (Å²) in [5, 5.41) is 11.8. The van der Waals surface area contributed by atoms with E-state index < -0.39 is 6.03 Å². The highest BCUT2D eigenvalue weighted by Crippen LogP contribution is 2.23. The van der Waals surface area contributed by atoms with Gasteiger partial charge in [0.15, 0.2) is 0 Å². The Kier molecular flexibility index (Phi) is 8.73. The van der Waals surface area contributed by atoms with Gasteiger partial charge in [0.25, 0.3) is 11.8 Å². The second-order valence-corrected chi connectivity index (χ2v) is 8.76. The molecule has 1 aliphatic rings. The Bertz CT molecular complexity index is 992. The Balaban J connectivity index is 1.52. The molecule has 0 spiro atoms. The van der Waals surface area contributed by atoms with Gasteiger partial charge in [-0.25, -0.2) is 4.79 Å². The maximum atomic E-state index is 12.8. The van der Waals surface area contributed by atoms with Gasteiger partial charge in [-0.1, -0.05) is 32.0 Å². The third-order valence-electron chi connectivity index (χ3n) is 5.57. The molecule has 1 saturated heterocycles. The smallest absolute Gasteiger partial charge is 0.315 e. The first-order valence-electron chi connectivity index (χ1n) is 11.7. The molecule has 0 radical (unpaired) electrons. The van der Waals surface area contributed by atoms with Crippen molar-refractivity contribution in [2.45, 2.75) is 33.2 Å². The standard InChI is InChI=1S/C25H34N6O3/c1-18(2)11-12-27-24(33)20-5-3-6-22(15-20)30-13-4-14-31(30)23(32)17-29-25(34)28-16-19-7-9-21(26)10-8-19/h3,5-10,15,18H,4,11-14,16-17,26H2,1-2H3,(H,27,33)(H2,28,29,34). The van der Waals surface area contributed by atoms with Crippen LogP contribution in [0.5, 0.6) is 0 Å². The number of nitrogen functional groups attached to an aromatic ring is 1. The number of hydrogen-bond donors (Lipinski definition) is 4. The van der Waals surface area contributed by atoms with Crippen LogP contribution in [-0.4, -0.2) is 49.0 Å². The zero-order valence-electron chi connectivity index (χ0n) is 19.8. The summed E-state index contributed by atoms with van der Waals surface area (Å²) in [5.74, 6) is 0.176. The lowest BCUT2D eigenvalue weighted by atomic mass is 10.1. The highest BCUT2D eigenvalue weighted by Gasteiger charge is 2.27. The average Bonchev–Trinajstić information content (AvgIpc) is 3.32. The van der Waals surface area contributed by atoms with Crippen LogP contribution < -0.4 is 26.7 Å². The summed E-state index contributed by atoms with van der Waals surface area (Å²) in [6, 6.07) is 14.0. The summed E-state index contributed by atoms with van der Waals surface area (Å²) >= 11 is 0. The number of benzene rings is 2. The molecule has 2 aromatic carbocycles. The molecule has 34 heavy (non-hydrogen) atoms. The summed E-state index contributed by atoms with van der Waals surface area (Å²) in [6.45, 7) is 6.28. The van der Waals surface area contributed by atoms with Gasteiger partial charge < -0.3 is 21.7 Å². The normalized spacial score (nSPS) is 13.1. The van der Waals surface area contributed by atoms with Crippen molar-refractivity contribution in [1.29, 1.82) is 0 Å². The molecular formula is C25H34N6O3. The quantitative estimate of drug-likeness (QED) is 0.423. The van der Waals surface area contributed by atoms with Crippen molar-refractivity contribution in [3.05, 3.63) is 59.7 Å². The number of hydrogen-bond acceptors (Lipinski definition) is 5. The third-order valence-corrected chi connectivity index (χ3v) is 5.57. The second-order valence-electron chi connectivity index (χ2n) is 8.76. The number of anilines is 2. The predicted molar refractivity (Wildman–Crippen MR) is 133 cm³/mol. The molecule has 1 aliphatic heterocycles. The van der Waals surface area contributed by atoms with Crippen molar-refractivity contribution in [3.63, 3.8) is 0 Å². The Morgan fingerprint density at radius 2 is 1.76 bits per heavy atom. The van der Waals surface area contributed by atoms with Crippen LogP contribution in [0.1, 0.15) is 42.6 Å². The maximum Gasteiger partial charge on any atom is 0.315 e. The van der Waals surface area contributed by atoms with E-state index in [-0.39, 0.29) is 18.4 Å². The van der Waals surface area contributed by atoms with Crippen molar-refractivity contribution in [1.82, 2.24) is 21.0 Å². The number of rotatable bonds is 9. The summed E-state index contributed by atoms with van der Waals surface area (Å²) in [7, 11) is 0. The molecule has 1 heterocycles. The summed E-state index contributed by atoms with van der Waals surface area (Å²) in [4.78, 5) is 37.4. The van der Waals surface area contributed by atoms with E-state index in [4.69, 9.17) is 5.73 Å². The lowest BCUT2D eigenvalue weighted by molar-refractivity contribution is -0.129. The molecule has 4 amide bonds. The third kappa shape index (κ3) is 7.13. The van der Waals surface area contributed by atoms with Crippen molar-refractivity contribution >= 4 is 29.2 Å². The van der Waals surface area contributed by atoms with Gasteiger partial charge in [0.05, 0.1) is 5.69 Å². The van der Waals surface area contributed by atoms with Gasteiger partial charge in [-0.15, -0.1) is 0 Å². The van der Waals surface area contributed by atoms with E-state index in [1.54, 1.807) is 29.3 Å². The molecule has 9 heteroatoms. The van der Waals surface area contributed by atoms with Crippen molar-refractivity contribution in [2.24, 2.45) is 5.92 Å². The molecule has 182 valence electrons. The fraction of sp³-hybridized carbons (Fsp3) is 0.400. The molecule has 5 N–H and O–H groups in total. The van der Waals surface area contributed by atoms with Crippen LogP contribution >= 0.6 is 0 Å². The number of nitrogens with zero attached hydrogens (tertiary/aromatic N) is 2. The molecule has 0 atom stereocenters. The molecule has 1 fully saturated rings. The predicted octanol–water partition coefficient (Wildman–Crippen LogP) is 2.50. The van der Waals surface area contributed by atoms with Crippen LogP contribution in [0.15, 0.2) is 48.5 Å². The number of nitrogens with one attached hydrogen (secondary N) is 3. The average molecular weight is 467 g/mol. The fourth-order valence-corrected chi connectivity index (χ4v) is 3.65. The topological polar surface area (TPSA) is 120 Å². The van der Waals surface area contributed by atoms with Gasteiger partial charge in [-0.05, 0) is 54.7 Å². The lowest BCUT2D eigenvalue weighted by Gasteiger charge is -2.30. The van der Waals surface area contributed by atoms with E-state index in [9.17, 15) is 14.4 Å². The fourth-order valence-electron chi connectivity index (χ4n) is 3.65. The van der Waals surface area contributed by atoms with Crippen LogP contribution in [0.3, 0.4) is 0 Å². The van der Waals surface area contributed by atoms with E-state index >= 15 is 0 Å². The van der Waals surface area contributed by atoms with E-state index in [0.717, 1.165) is 24.1 Å². The number of hydrazine groups is 1. The largest absolute Gasteiger partial charge is 0.399 e. The molecular weight excluding hydrogens is 432 g/mol. The van der Waals surface area contributed by atoms with E-state index in [2.05, 4.69) is 29.8 Å². The first-order valence-corrected chi connectivity index (χ1v) is 11.7. The Hall–Kier alpha value is -3.75. The summed E-state index contributed by atoms with van der Waals surface area (Å²) in [6.07, 6.45) is 1.72. The summed E-state index contributed by atoms with van der Waals surface area (Å²) in [5.41, 5.74) is 8.56. The van der Waals surface area contributed by atoms with Crippen LogP contribution in [-0.2, 0) is 11.3 Å². The van der Waals surface area contributed by atoms with Gasteiger partial charge in [0.2, 0.25) is 0 Å². The zero-order chi connectivity index (χ0) is 24.5. The van der Waals surface area contributed by atoms with Crippen LogP contribution in [0.2, 0.25) is 0 Å². The van der Waals surface area contributed by atoms with Crippen LogP contribution in [0.25, 0.3) is 0 Å². The molecule has 0 aliphatic carbocycles. The highest BCUT2D eigenvalue weighted by atomic mass is 16.2. The number of nitrogens with two attached hydrogens (primary N) is 1. The van der Waals surface area contributed by atoms with E-state index in [0.29, 0.717) is 43.3 Å². The molecule has 3 rings (SSSR count). The first kappa shape index (κ1) is 24.9. The maximum absolute atomic E-state index is 12.8. The molecule has 2 aromatic rings. The lowest BCUT2D eigenvalue weighted by Crippen LogP contribution is -2.48. The SMILES string of the molecule is CC(C)CCNC(=O)c1cccc(N2CCCN2C(=O)CNC(=O)NCc2ccc(N)cc2)c1. The molecule has 0 aromatic heterocycles. The van der Waals surface area contributed by atoms with Gasteiger partial charge in [-0.3, -0.25) is 19.6 Å². The van der Waals surface area contributed by atoms with Crippen LogP contribution in [0, 0.1) is 5.92 Å². The molecule has 0 saturated carbocycles. The Morgan fingerprint density at radius 3 is 2.50 bits per heavy atom. The minimum Gasteiger partial charge on any atom is -0.399 e. The number of amides is 4. The molecule has 0 bridgehead atoms. The molecule has 9 nitrogen and oxygen atoms in total. The number of carbonyl (C=O) groups is 3. The van der Waals surface area contributed by atoms with Gasteiger partial charge in [0.1, 0.15) is 6.54 Å². The number of urea groups is 1. The minimum atomic E-state index is -0.420.